The Labute approximate surface area is 227 Å². The van der Waals surface area contributed by atoms with Gasteiger partial charge >= 0.3 is 11.7 Å². The largest absolute Gasteiger partial charge is 0.456 e. The summed E-state index contributed by atoms with van der Waals surface area (Å²) >= 11 is 1.76. The topological polar surface area (TPSA) is 88.8 Å². The van der Waals surface area contributed by atoms with Crippen LogP contribution in [0.4, 0.5) is 0 Å². The van der Waals surface area contributed by atoms with Crippen LogP contribution in [0.1, 0.15) is 27.2 Å². The standard InChI is InChI=1S/C28H25IN2O6/c29-24-25(27(33)37-18-23-14-8-3-9-15-23)30(19-35-16-21-10-4-1-5-11-21)28(34)31(26(24)32)20-36-17-22-12-6-2-7-13-22/h1-15H,16-20H2. The zero-order valence-corrected chi connectivity index (χ0v) is 22.1. The average molecular weight is 612 g/mol. The zero-order valence-electron chi connectivity index (χ0n) is 19.9. The highest BCUT2D eigenvalue weighted by atomic mass is 127. The van der Waals surface area contributed by atoms with Crippen LogP contribution in [-0.4, -0.2) is 15.1 Å². The summed E-state index contributed by atoms with van der Waals surface area (Å²) in [4.78, 5) is 39.6. The highest BCUT2D eigenvalue weighted by molar-refractivity contribution is 14.1. The van der Waals surface area contributed by atoms with Gasteiger partial charge in [0, 0.05) is 0 Å². The highest BCUT2D eigenvalue weighted by Gasteiger charge is 2.24. The van der Waals surface area contributed by atoms with Crippen LogP contribution < -0.4 is 11.2 Å². The predicted molar refractivity (Wildman–Crippen MR) is 146 cm³/mol. The lowest BCUT2D eigenvalue weighted by Gasteiger charge is -2.17. The van der Waals surface area contributed by atoms with Crippen molar-refractivity contribution in [3.63, 3.8) is 0 Å². The third kappa shape index (κ3) is 7.03. The molecule has 4 aromatic rings. The summed E-state index contributed by atoms with van der Waals surface area (Å²) in [5.74, 6) is -0.789. The lowest BCUT2D eigenvalue weighted by atomic mass is 10.2. The minimum atomic E-state index is -0.789. The molecule has 9 heteroatoms. The minimum absolute atomic E-state index is 0.00190. The summed E-state index contributed by atoms with van der Waals surface area (Å²) in [6, 6.07) is 28.0. The van der Waals surface area contributed by atoms with E-state index in [1.165, 1.54) is 0 Å². The van der Waals surface area contributed by atoms with Crippen molar-refractivity contribution < 1.29 is 19.0 Å². The van der Waals surface area contributed by atoms with E-state index in [-0.39, 0.29) is 42.5 Å². The van der Waals surface area contributed by atoms with Crippen molar-refractivity contribution in [2.45, 2.75) is 33.3 Å². The number of hydrogen-bond acceptors (Lipinski definition) is 6. The highest BCUT2D eigenvalue weighted by Crippen LogP contribution is 2.12. The predicted octanol–water partition coefficient (Wildman–Crippen LogP) is 4.32. The average Bonchev–Trinajstić information content (AvgIpc) is 2.94. The summed E-state index contributed by atoms with van der Waals surface area (Å²) in [5, 5.41) is 0. The van der Waals surface area contributed by atoms with Gasteiger partial charge in [0.1, 0.15) is 23.6 Å². The first-order valence-electron chi connectivity index (χ1n) is 11.5. The second kappa shape index (κ2) is 13.1. The van der Waals surface area contributed by atoms with Crippen molar-refractivity contribution in [1.29, 1.82) is 0 Å². The van der Waals surface area contributed by atoms with Gasteiger partial charge in [0.15, 0.2) is 5.69 Å². The van der Waals surface area contributed by atoms with Gasteiger partial charge in [-0.3, -0.25) is 9.36 Å². The lowest BCUT2D eigenvalue weighted by Crippen LogP contribution is -2.45. The fraction of sp³-hybridized carbons (Fsp3) is 0.179. The number of benzene rings is 3. The molecule has 37 heavy (non-hydrogen) atoms. The molecule has 8 nitrogen and oxygen atoms in total. The van der Waals surface area contributed by atoms with E-state index in [1.54, 1.807) is 22.6 Å². The number of hydrogen-bond donors (Lipinski definition) is 0. The van der Waals surface area contributed by atoms with Gasteiger partial charge in [-0.05, 0) is 39.3 Å². The molecule has 4 rings (SSSR count). The molecule has 0 N–H and O–H groups in total. The monoisotopic (exact) mass is 612 g/mol. The first-order chi connectivity index (χ1) is 18.0. The molecule has 0 aliphatic rings. The fourth-order valence-corrected chi connectivity index (χ4v) is 4.35. The maximum Gasteiger partial charge on any atom is 0.356 e. The van der Waals surface area contributed by atoms with Crippen LogP contribution in [0.2, 0.25) is 0 Å². The van der Waals surface area contributed by atoms with Crippen LogP contribution in [0.15, 0.2) is 101 Å². The van der Waals surface area contributed by atoms with Crippen molar-refractivity contribution in [2.75, 3.05) is 0 Å². The van der Waals surface area contributed by atoms with Crippen LogP contribution in [0.3, 0.4) is 0 Å². The van der Waals surface area contributed by atoms with Gasteiger partial charge in [-0.15, -0.1) is 0 Å². The van der Waals surface area contributed by atoms with Crippen molar-refractivity contribution in [1.82, 2.24) is 9.13 Å². The van der Waals surface area contributed by atoms with E-state index in [9.17, 15) is 14.4 Å². The molecule has 0 fully saturated rings. The quantitative estimate of drug-likeness (QED) is 0.185. The van der Waals surface area contributed by atoms with Crippen LogP contribution >= 0.6 is 22.6 Å². The first-order valence-corrected chi connectivity index (χ1v) is 12.6. The van der Waals surface area contributed by atoms with Crippen molar-refractivity contribution in [2.24, 2.45) is 0 Å². The van der Waals surface area contributed by atoms with Gasteiger partial charge in [0.2, 0.25) is 0 Å². The summed E-state index contributed by atoms with van der Waals surface area (Å²) in [5.41, 5.74) is 1.07. The second-order valence-electron chi connectivity index (χ2n) is 8.09. The van der Waals surface area contributed by atoms with Crippen molar-refractivity contribution in [3.05, 3.63) is 138 Å². The molecule has 0 saturated heterocycles. The Hall–Kier alpha value is -3.54. The SMILES string of the molecule is O=C(OCc1ccccc1)c1c(I)c(=O)n(COCc2ccccc2)c(=O)n1COCc1ccccc1. The molecule has 0 spiro atoms. The van der Waals surface area contributed by atoms with Crippen molar-refractivity contribution in [3.8, 4) is 0 Å². The summed E-state index contributed by atoms with van der Waals surface area (Å²) in [6.07, 6.45) is 0. The number of aromatic nitrogens is 2. The molecule has 1 heterocycles. The Kier molecular flexibility index (Phi) is 9.41. The van der Waals surface area contributed by atoms with Gasteiger partial charge in [0.25, 0.3) is 5.56 Å². The number of nitrogens with zero attached hydrogens (tertiary/aromatic N) is 2. The number of esters is 1. The van der Waals surface area contributed by atoms with E-state index in [0.29, 0.717) is 0 Å². The van der Waals surface area contributed by atoms with E-state index < -0.39 is 17.2 Å². The third-order valence-corrected chi connectivity index (χ3v) is 6.41. The number of rotatable bonds is 11. The van der Waals surface area contributed by atoms with Gasteiger partial charge in [-0.1, -0.05) is 91.0 Å². The molecule has 1 aromatic heterocycles. The Morgan fingerprint density at radius 2 is 1.08 bits per heavy atom. The summed E-state index contributed by atoms with van der Waals surface area (Å²) in [6.45, 7) is -0.0994. The van der Waals surface area contributed by atoms with E-state index in [4.69, 9.17) is 14.2 Å². The van der Waals surface area contributed by atoms with Gasteiger partial charge in [-0.25, -0.2) is 14.2 Å². The molecule has 0 bridgehead atoms. The van der Waals surface area contributed by atoms with Gasteiger partial charge in [-0.2, -0.15) is 0 Å². The molecule has 0 amide bonds. The fourth-order valence-electron chi connectivity index (χ4n) is 3.55. The van der Waals surface area contributed by atoms with E-state index >= 15 is 0 Å². The molecule has 190 valence electrons. The Bertz CT molecular complexity index is 1440. The molecule has 0 atom stereocenters. The number of carbonyl (C=O) groups excluding carboxylic acids is 1. The second-order valence-corrected chi connectivity index (χ2v) is 9.17. The number of carbonyl (C=O) groups is 1. The molecule has 0 saturated carbocycles. The van der Waals surface area contributed by atoms with Gasteiger partial charge in [0.05, 0.1) is 13.2 Å². The first kappa shape index (κ1) is 26.5. The number of halogens is 1. The molecule has 3 aromatic carbocycles. The Balaban J connectivity index is 1.59. The van der Waals surface area contributed by atoms with Crippen LogP contribution in [0, 0.1) is 3.57 Å². The Morgan fingerprint density at radius 3 is 1.57 bits per heavy atom. The molecular formula is C28H25IN2O6. The molecule has 0 radical (unpaired) electrons. The van der Waals surface area contributed by atoms with Crippen LogP contribution in [0.5, 0.6) is 0 Å². The molecule has 0 aliphatic carbocycles. The molecular weight excluding hydrogens is 587 g/mol. The number of ether oxygens (including phenoxy) is 3. The smallest absolute Gasteiger partial charge is 0.356 e. The maximum atomic E-state index is 13.4. The Morgan fingerprint density at radius 1 is 0.649 bits per heavy atom. The van der Waals surface area contributed by atoms with Crippen LogP contribution in [-0.2, 0) is 47.5 Å². The molecule has 0 unspecified atom stereocenters. The summed E-state index contributed by atoms with van der Waals surface area (Å²) < 4.78 is 19.0. The zero-order chi connectivity index (χ0) is 26.0. The normalized spacial score (nSPS) is 10.8. The van der Waals surface area contributed by atoms with Gasteiger partial charge < -0.3 is 14.2 Å². The van der Waals surface area contributed by atoms with Crippen molar-refractivity contribution >= 4 is 28.6 Å². The maximum absolute atomic E-state index is 13.4. The van der Waals surface area contributed by atoms with Crippen LogP contribution in [0.25, 0.3) is 0 Å². The third-order valence-electron chi connectivity index (χ3n) is 5.44. The lowest BCUT2D eigenvalue weighted by molar-refractivity contribution is 0.0321. The minimum Gasteiger partial charge on any atom is -0.456 e. The van der Waals surface area contributed by atoms with E-state index in [1.807, 2.05) is 91.0 Å². The van der Waals surface area contributed by atoms with E-state index in [0.717, 1.165) is 25.8 Å². The summed E-state index contributed by atoms with van der Waals surface area (Å²) in [7, 11) is 0. The molecule has 0 aliphatic heterocycles. The van der Waals surface area contributed by atoms with E-state index in [2.05, 4.69) is 0 Å².